The first-order valence-corrected chi connectivity index (χ1v) is 7.12. The second kappa shape index (κ2) is 5.79. The molecule has 1 fully saturated rings. The molecule has 0 aliphatic carbocycles. The van der Waals surface area contributed by atoms with Crippen molar-refractivity contribution in [3.8, 4) is 0 Å². The molecule has 1 aromatic rings. The fourth-order valence-electron chi connectivity index (χ4n) is 2.39. The lowest BCUT2D eigenvalue weighted by atomic mass is 9.99. The highest BCUT2D eigenvalue weighted by molar-refractivity contribution is 5.90. The first kappa shape index (κ1) is 15.4. The summed E-state index contributed by atoms with van der Waals surface area (Å²) in [5, 5.41) is 20.8. The zero-order chi connectivity index (χ0) is 15.6. The third kappa shape index (κ3) is 3.56. The maximum Gasteiger partial charge on any atom is 0.305 e. The number of nitrogens with zero attached hydrogens (tertiary/aromatic N) is 5. The molecule has 1 N–H and O–H groups in total. The van der Waals surface area contributed by atoms with Crippen molar-refractivity contribution in [1.82, 2.24) is 25.1 Å². The molecule has 0 radical (unpaired) electrons. The van der Waals surface area contributed by atoms with E-state index >= 15 is 0 Å². The van der Waals surface area contributed by atoms with Crippen molar-refractivity contribution in [3.05, 3.63) is 5.82 Å². The minimum atomic E-state index is -0.897. The molecule has 1 aromatic heterocycles. The molecule has 0 bridgehead atoms. The molecule has 1 aliphatic rings. The second-order valence-electron chi connectivity index (χ2n) is 6.32. The van der Waals surface area contributed by atoms with Crippen LogP contribution < -0.4 is 0 Å². The molecule has 21 heavy (non-hydrogen) atoms. The van der Waals surface area contributed by atoms with Crippen molar-refractivity contribution in [2.75, 3.05) is 6.54 Å². The molecule has 0 saturated carbocycles. The van der Waals surface area contributed by atoms with Crippen molar-refractivity contribution in [2.24, 2.45) is 0 Å². The topological polar surface area (TPSA) is 101 Å². The number of aliphatic carboxylic acids is 1. The van der Waals surface area contributed by atoms with E-state index in [0.29, 0.717) is 13.0 Å². The largest absolute Gasteiger partial charge is 0.481 e. The van der Waals surface area contributed by atoms with E-state index in [1.165, 1.54) is 4.80 Å². The average molecular weight is 295 g/mol. The van der Waals surface area contributed by atoms with Crippen LogP contribution in [0.4, 0.5) is 0 Å². The summed E-state index contributed by atoms with van der Waals surface area (Å²) in [5.41, 5.74) is -0.353. The van der Waals surface area contributed by atoms with Crippen LogP contribution in [-0.2, 0) is 10.3 Å². The van der Waals surface area contributed by atoms with Crippen LogP contribution in [0.3, 0.4) is 0 Å². The van der Waals surface area contributed by atoms with Gasteiger partial charge in [-0.2, -0.15) is 4.80 Å². The zero-order valence-electron chi connectivity index (χ0n) is 12.6. The molecule has 116 valence electrons. The number of tetrazole rings is 1. The molecule has 8 nitrogen and oxygen atoms in total. The molecule has 1 unspecified atom stereocenters. The van der Waals surface area contributed by atoms with Gasteiger partial charge in [0.1, 0.15) is 0 Å². The number of amides is 1. The normalized spacial score (nSPS) is 19.6. The third-order valence-electron chi connectivity index (χ3n) is 3.50. The van der Waals surface area contributed by atoms with Crippen molar-refractivity contribution >= 4 is 11.9 Å². The first-order chi connectivity index (χ1) is 9.79. The van der Waals surface area contributed by atoms with Crippen LogP contribution >= 0.6 is 0 Å². The number of piperidine rings is 1. The Morgan fingerprint density at radius 1 is 1.33 bits per heavy atom. The Bertz CT molecular complexity index is 534. The molecule has 2 heterocycles. The van der Waals surface area contributed by atoms with Gasteiger partial charge in [-0.1, -0.05) is 0 Å². The van der Waals surface area contributed by atoms with Gasteiger partial charge in [0.25, 0.3) is 11.7 Å². The lowest BCUT2D eigenvalue weighted by Gasteiger charge is -2.34. The SMILES string of the molecule is CC(C)(C)n1nnc(C(=O)N2CCCCC2CC(=O)O)n1. The van der Waals surface area contributed by atoms with Crippen LogP contribution in [0.1, 0.15) is 57.1 Å². The minimum absolute atomic E-state index is 0.0298. The Morgan fingerprint density at radius 2 is 2.05 bits per heavy atom. The monoisotopic (exact) mass is 295 g/mol. The highest BCUT2D eigenvalue weighted by Crippen LogP contribution is 2.21. The summed E-state index contributed by atoms with van der Waals surface area (Å²) in [6, 6.07) is -0.287. The van der Waals surface area contributed by atoms with Gasteiger partial charge in [0.2, 0.25) is 0 Å². The molecule has 8 heteroatoms. The molecule has 1 amide bonds. The summed E-state index contributed by atoms with van der Waals surface area (Å²) >= 11 is 0. The molecule has 1 atom stereocenters. The van der Waals surface area contributed by atoms with E-state index < -0.39 is 5.97 Å². The van der Waals surface area contributed by atoms with Gasteiger partial charge in [-0.3, -0.25) is 9.59 Å². The molecular formula is C13H21N5O3. The van der Waals surface area contributed by atoms with Crippen molar-refractivity contribution in [3.63, 3.8) is 0 Å². The maximum atomic E-state index is 12.5. The number of carboxylic acids is 1. The molecule has 1 aliphatic heterocycles. The van der Waals surface area contributed by atoms with Crippen LogP contribution in [0.5, 0.6) is 0 Å². The third-order valence-corrected chi connectivity index (χ3v) is 3.50. The van der Waals surface area contributed by atoms with Gasteiger partial charge < -0.3 is 10.0 Å². The Kier molecular flexibility index (Phi) is 4.24. The summed E-state index contributed by atoms with van der Waals surface area (Å²) in [6.45, 7) is 6.28. The second-order valence-corrected chi connectivity index (χ2v) is 6.32. The number of aromatic nitrogens is 4. The summed E-state index contributed by atoms with van der Waals surface area (Å²) in [5.74, 6) is -1.20. The van der Waals surface area contributed by atoms with Crippen molar-refractivity contribution in [1.29, 1.82) is 0 Å². The highest BCUT2D eigenvalue weighted by atomic mass is 16.4. The minimum Gasteiger partial charge on any atom is -0.481 e. The van der Waals surface area contributed by atoms with Crippen LogP contribution in [-0.4, -0.2) is 54.7 Å². The van der Waals surface area contributed by atoms with Crippen molar-refractivity contribution in [2.45, 2.75) is 58.0 Å². The van der Waals surface area contributed by atoms with Crippen LogP contribution in [0.15, 0.2) is 0 Å². The Hall–Kier alpha value is -1.99. The quantitative estimate of drug-likeness (QED) is 0.889. The summed E-state index contributed by atoms with van der Waals surface area (Å²) in [4.78, 5) is 26.4. The number of carbonyl (C=O) groups is 2. The summed E-state index contributed by atoms with van der Waals surface area (Å²) < 4.78 is 0. The zero-order valence-corrected chi connectivity index (χ0v) is 12.6. The smallest absolute Gasteiger partial charge is 0.305 e. The molecule has 2 rings (SSSR count). The standard InChI is InChI=1S/C13H21N5O3/c1-13(2,3)18-15-11(14-16-18)12(21)17-7-5-4-6-9(17)8-10(19)20/h9H,4-8H2,1-3H3,(H,19,20). The molecule has 0 spiro atoms. The van der Waals surface area contributed by atoms with Crippen LogP contribution in [0.2, 0.25) is 0 Å². The van der Waals surface area contributed by atoms with Gasteiger partial charge in [0.15, 0.2) is 0 Å². The van der Waals surface area contributed by atoms with Crippen LogP contribution in [0.25, 0.3) is 0 Å². The number of rotatable bonds is 3. The van der Waals surface area contributed by atoms with E-state index in [1.807, 2.05) is 20.8 Å². The lowest BCUT2D eigenvalue weighted by molar-refractivity contribution is -0.138. The average Bonchev–Trinajstić information content (AvgIpc) is 2.87. The van der Waals surface area contributed by atoms with E-state index in [-0.39, 0.29) is 29.7 Å². The van der Waals surface area contributed by atoms with E-state index in [2.05, 4.69) is 15.4 Å². The van der Waals surface area contributed by atoms with Crippen LogP contribution in [0, 0.1) is 0 Å². The lowest BCUT2D eigenvalue weighted by Crippen LogP contribution is -2.45. The Morgan fingerprint density at radius 3 is 2.62 bits per heavy atom. The number of carboxylic acid groups (broad SMARTS) is 1. The predicted molar refractivity (Wildman–Crippen MR) is 73.7 cm³/mol. The Balaban J connectivity index is 2.17. The van der Waals surface area contributed by atoms with E-state index in [9.17, 15) is 9.59 Å². The van der Waals surface area contributed by atoms with Gasteiger partial charge in [-0.25, -0.2) is 0 Å². The van der Waals surface area contributed by atoms with Gasteiger partial charge >= 0.3 is 5.97 Å². The van der Waals surface area contributed by atoms with E-state index in [0.717, 1.165) is 12.8 Å². The molecular weight excluding hydrogens is 274 g/mol. The van der Waals surface area contributed by atoms with E-state index in [1.54, 1.807) is 4.90 Å². The summed E-state index contributed by atoms with van der Waals surface area (Å²) in [6.07, 6.45) is 2.46. The highest BCUT2D eigenvalue weighted by Gasteiger charge is 2.32. The van der Waals surface area contributed by atoms with Gasteiger partial charge in [0, 0.05) is 12.6 Å². The predicted octanol–water partition coefficient (Wildman–Crippen LogP) is 0.897. The maximum absolute atomic E-state index is 12.5. The molecule has 1 saturated heterocycles. The fraction of sp³-hybridized carbons (Fsp3) is 0.769. The van der Waals surface area contributed by atoms with Gasteiger partial charge in [0.05, 0.1) is 12.0 Å². The molecule has 0 aromatic carbocycles. The first-order valence-electron chi connectivity index (χ1n) is 7.12. The van der Waals surface area contributed by atoms with Gasteiger partial charge in [-0.05, 0) is 45.2 Å². The number of likely N-dealkylation sites (tertiary alicyclic amines) is 1. The number of hydrogen-bond donors (Lipinski definition) is 1. The number of hydrogen-bond acceptors (Lipinski definition) is 5. The van der Waals surface area contributed by atoms with Crippen molar-refractivity contribution < 1.29 is 14.7 Å². The summed E-state index contributed by atoms with van der Waals surface area (Å²) in [7, 11) is 0. The Labute approximate surface area is 123 Å². The van der Waals surface area contributed by atoms with E-state index in [4.69, 9.17) is 5.11 Å². The number of carbonyl (C=O) groups excluding carboxylic acids is 1. The fourth-order valence-corrected chi connectivity index (χ4v) is 2.39. The van der Waals surface area contributed by atoms with Gasteiger partial charge in [-0.15, -0.1) is 10.2 Å².